The molecule has 0 radical (unpaired) electrons. The number of benzene rings is 2. The molecule has 0 spiro atoms. The maximum absolute atomic E-state index is 5.99. The van der Waals surface area contributed by atoms with E-state index in [-0.39, 0.29) is 0 Å². The van der Waals surface area contributed by atoms with Crippen LogP contribution in [-0.4, -0.2) is 13.7 Å². The molecule has 0 atom stereocenters. The summed E-state index contributed by atoms with van der Waals surface area (Å²) in [6, 6.07) is 12.3. The number of rotatable bonds is 7. The van der Waals surface area contributed by atoms with Crippen LogP contribution < -0.4 is 14.8 Å². The summed E-state index contributed by atoms with van der Waals surface area (Å²) in [7, 11) is 1.67. The van der Waals surface area contributed by atoms with E-state index >= 15 is 0 Å². The summed E-state index contributed by atoms with van der Waals surface area (Å²) >= 11 is 3.59. The Balaban J connectivity index is 2.18. The second-order valence-corrected chi connectivity index (χ2v) is 5.96. The zero-order valence-corrected chi connectivity index (χ0v) is 14.9. The van der Waals surface area contributed by atoms with Crippen LogP contribution in [0, 0.1) is 6.92 Å². The number of halogens is 1. The van der Waals surface area contributed by atoms with E-state index < -0.39 is 0 Å². The van der Waals surface area contributed by atoms with Gasteiger partial charge in [0.1, 0.15) is 6.61 Å². The number of hydrogen-bond acceptors (Lipinski definition) is 3. The fourth-order valence-electron chi connectivity index (χ4n) is 2.21. The van der Waals surface area contributed by atoms with Gasteiger partial charge in [-0.05, 0) is 58.2 Å². The molecule has 0 aliphatic rings. The molecule has 0 unspecified atom stereocenters. The van der Waals surface area contributed by atoms with E-state index in [2.05, 4.69) is 53.3 Å². The highest BCUT2D eigenvalue weighted by Crippen LogP contribution is 2.37. The summed E-state index contributed by atoms with van der Waals surface area (Å²) in [6.45, 7) is 6.44. The lowest BCUT2D eigenvalue weighted by molar-refractivity contribution is 0.281. The van der Waals surface area contributed by atoms with Crippen LogP contribution in [-0.2, 0) is 13.2 Å². The molecule has 0 amide bonds. The highest BCUT2D eigenvalue weighted by Gasteiger charge is 2.12. The predicted octanol–water partition coefficient (Wildman–Crippen LogP) is 4.45. The summed E-state index contributed by atoms with van der Waals surface area (Å²) in [5.74, 6) is 1.49. The van der Waals surface area contributed by atoms with Gasteiger partial charge in [0.15, 0.2) is 11.5 Å². The van der Waals surface area contributed by atoms with Gasteiger partial charge in [0, 0.05) is 6.54 Å². The van der Waals surface area contributed by atoms with E-state index in [1.54, 1.807) is 7.11 Å². The molecule has 0 saturated heterocycles. The molecular weight excluding hydrogens is 342 g/mol. The molecule has 0 aliphatic carbocycles. The third kappa shape index (κ3) is 4.24. The number of methoxy groups -OCH3 is 1. The van der Waals surface area contributed by atoms with E-state index in [1.807, 2.05) is 18.2 Å². The van der Waals surface area contributed by atoms with Gasteiger partial charge in [0.25, 0.3) is 0 Å². The van der Waals surface area contributed by atoms with Crippen LogP contribution in [0.25, 0.3) is 0 Å². The van der Waals surface area contributed by atoms with Crippen molar-refractivity contribution in [1.29, 1.82) is 0 Å². The first-order chi connectivity index (χ1) is 10.7. The third-order valence-electron chi connectivity index (χ3n) is 3.50. The van der Waals surface area contributed by atoms with Crippen molar-refractivity contribution in [1.82, 2.24) is 5.32 Å². The minimum atomic E-state index is 0.522. The highest BCUT2D eigenvalue weighted by molar-refractivity contribution is 9.10. The van der Waals surface area contributed by atoms with Crippen molar-refractivity contribution in [3.8, 4) is 11.5 Å². The highest BCUT2D eigenvalue weighted by atomic mass is 79.9. The van der Waals surface area contributed by atoms with Gasteiger partial charge >= 0.3 is 0 Å². The van der Waals surface area contributed by atoms with Gasteiger partial charge < -0.3 is 14.8 Å². The largest absolute Gasteiger partial charge is 0.493 e. The molecule has 0 saturated carbocycles. The first kappa shape index (κ1) is 16.8. The van der Waals surface area contributed by atoms with Crippen molar-refractivity contribution in [3.63, 3.8) is 0 Å². The minimum Gasteiger partial charge on any atom is -0.493 e. The summed E-state index contributed by atoms with van der Waals surface area (Å²) < 4.78 is 12.4. The molecule has 1 N–H and O–H groups in total. The van der Waals surface area contributed by atoms with E-state index in [9.17, 15) is 0 Å². The molecule has 0 bridgehead atoms. The van der Waals surface area contributed by atoms with Crippen molar-refractivity contribution in [2.75, 3.05) is 13.7 Å². The van der Waals surface area contributed by atoms with Gasteiger partial charge in [-0.2, -0.15) is 0 Å². The molecule has 0 heterocycles. The van der Waals surface area contributed by atoms with Gasteiger partial charge in [0.05, 0.1) is 11.6 Å². The Hall–Kier alpha value is -1.52. The van der Waals surface area contributed by atoms with E-state index in [1.165, 1.54) is 11.1 Å². The average Bonchev–Trinajstić information content (AvgIpc) is 2.52. The lowest BCUT2D eigenvalue weighted by Crippen LogP contribution is -2.12. The molecule has 0 aromatic heterocycles. The number of nitrogens with one attached hydrogen (secondary N) is 1. The van der Waals surface area contributed by atoms with Gasteiger partial charge in [0.2, 0.25) is 0 Å². The van der Waals surface area contributed by atoms with Crippen LogP contribution in [0.4, 0.5) is 0 Å². The zero-order chi connectivity index (χ0) is 15.9. The number of aryl methyl sites for hydroxylation is 1. The molecule has 2 aromatic carbocycles. The van der Waals surface area contributed by atoms with Crippen LogP contribution in [0.1, 0.15) is 23.6 Å². The van der Waals surface area contributed by atoms with Gasteiger partial charge in [-0.1, -0.05) is 31.2 Å². The van der Waals surface area contributed by atoms with E-state index in [0.29, 0.717) is 6.61 Å². The standard InChI is InChI=1S/C18H22BrNO2/c1-4-20-11-14-9-16(19)18(17(10-14)21-3)22-12-15-8-6-5-7-13(15)2/h5-10,20H,4,11-12H2,1-3H3. The van der Waals surface area contributed by atoms with Crippen molar-refractivity contribution in [3.05, 3.63) is 57.6 Å². The SMILES string of the molecule is CCNCc1cc(Br)c(OCc2ccccc2C)c(OC)c1. The quantitative estimate of drug-likeness (QED) is 0.787. The minimum absolute atomic E-state index is 0.522. The van der Waals surface area contributed by atoms with Crippen LogP contribution in [0.15, 0.2) is 40.9 Å². The van der Waals surface area contributed by atoms with Crippen molar-refractivity contribution in [2.45, 2.75) is 27.0 Å². The van der Waals surface area contributed by atoms with Crippen molar-refractivity contribution in [2.24, 2.45) is 0 Å². The molecule has 4 heteroatoms. The lowest BCUT2D eigenvalue weighted by atomic mass is 10.1. The number of hydrogen-bond donors (Lipinski definition) is 1. The monoisotopic (exact) mass is 363 g/mol. The predicted molar refractivity (Wildman–Crippen MR) is 93.6 cm³/mol. The van der Waals surface area contributed by atoms with Crippen molar-refractivity contribution >= 4 is 15.9 Å². The van der Waals surface area contributed by atoms with Crippen molar-refractivity contribution < 1.29 is 9.47 Å². The molecule has 2 rings (SSSR count). The smallest absolute Gasteiger partial charge is 0.175 e. The zero-order valence-electron chi connectivity index (χ0n) is 13.3. The van der Waals surface area contributed by atoms with Crippen LogP contribution in [0.3, 0.4) is 0 Å². The first-order valence-electron chi connectivity index (χ1n) is 7.40. The molecule has 0 aliphatic heterocycles. The second-order valence-electron chi connectivity index (χ2n) is 5.10. The summed E-state index contributed by atoms with van der Waals surface area (Å²) in [5, 5.41) is 3.31. The Kier molecular flexibility index (Phi) is 6.28. The second kappa shape index (κ2) is 8.20. The maximum Gasteiger partial charge on any atom is 0.175 e. The van der Waals surface area contributed by atoms with Gasteiger partial charge in [-0.15, -0.1) is 0 Å². The Morgan fingerprint density at radius 2 is 1.95 bits per heavy atom. The molecule has 118 valence electrons. The molecule has 2 aromatic rings. The topological polar surface area (TPSA) is 30.5 Å². The van der Waals surface area contributed by atoms with Crippen LogP contribution >= 0.6 is 15.9 Å². The van der Waals surface area contributed by atoms with E-state index in [4.69, 9.17) is 9.47 Å². The van der Waals surface area contributed by atoms with Crippen LogP contribution in [0.2, 0.25) is 0 Å². The Labute approximate surface area is 140 Å². The summed E-state index contributed by atoms with van der Waals surface area (Å²) in [6.07, 6.45) is 0. The fraction of sp³-hybridized carbons (Fsp3) is 0.333. The van der Waals surface area contributed by atoms with Gasteiger partial charge in [-0.3, -0.25) is 0 Å². The third-order valence-corrected chi connectivity index (χ3v) is 4.09. The van der Waals surface area contributed by atoms with Crippen LogP contribution in [0.5, 0.6) is 11.5 Å². The fourth-order valence-corrected chi connectivity index (χ4v) is 2.81. The van der Waals surface area contributed by atoms with E-state index in [0.717, 1.165) is 34.6 Å². The Morgan fingerprint density at radius 1 is 1.18 bits per heavy atom. The Morgan fingerprint density at radius 3 is 2.64 bits per heavy atom. The summed E-state index contributed by atoms with van der Waals surface area (Å²) in [4.78, 5) is 0. The first-order valence-corrected chi connectivity index (χ1v) is 8.19. The molecular formula is C18H22BrNO2. The number of ether oxygens (including phenoxy) is 2. The molecule has 3 nitrogen and oxygen atoms in total. The molecule has 0 fully saturated rings. The molecule has 22 heavy (non-hydrogen) atoms. The maximum atomic E-state index is 5.99. The lowest BCUT2D eigenvalue weighted by Gasteiger charge is -2.15. The average molecular weight is 364 g/mol. The summed E-state index contributed by atoms with van der Waals surface area (Å²) in [5.41, 5.74) is 3.56. The Bertz CT molecular complexity index is 628. The normalized spacial score (nSPS) is 10.5. The van der Waals surface area contributed by atoms with Gasteiger partial charge in [-0.25, -0.2) is 0 Å².